The van der Waals surface area contributed by atoms with Crippen LogP contribution < -0.4 is 25.9 Å². The van der Waals surface area contributed by atoms with Gasteiger partial charge in [-0.15, -0.1) is 0 Å². The summed E-state index contributed by atoms with van der Waals surface area (Å²) in [4.78, 5) is 39.3. The smallest absolute Gasteiger partial charge is 0.244 e. The highest BCUT2D eigenvalue weighted by molar-refractivity contribution is 6.05. The largest absolute Gasteiger partial charge is 0.493 e. The van der Waals surface area contributed by atoms with E-state index in [-0.39, 0.29) is 30.3 Å². The van der Waals surface area contributed by atoms with Gasteiger partial charge in [0.1, 0.15) is 0 Å². The number of aromatic nitrogens is 1. The maximum absolute atomic E-state index is 13.3. The molecule has 0 spiro atoms. The number of rotatable bonds is 10. The van der Waals surface area contributed by atoms with Crippen LogP contribution in [0.1, 0.15) is 53.4 Å². The zero-order chi connectivity index (χ0) is 29.0. The Hall–Kier alpha value is -4.93. The number of hydrogen-bond donors (Lipinski definition) is 5. The van der Waals surface area contributed by atoms with Gasteiger partial charge in [-0.3, -0.25) is 14.4 Å². The van der Waals surface area contributed by atoms with Gasteiger partial charge in [-0.25, -0.2) is 0 Å². The van der Waals surface area contributed by atoms with Crippen LogP contribution in [0.3, 0.4) is 0 Å². The van der Waals surface area contributed by atoms with Crippen molar-refractivity contribution >= 4 is 23.7 Å². The molecule has 0 radical (unpaired) electrons. The molecule has 0 unspecified atom stereocenters. The van der Waals surface area contributed by atoms with Crippen molar-refractivity contribution in [1.82, 2.24) is 15.3 Å². The molecule has 11 heteroatoms. The molecule has 0 saturated heterocycles. The van der Waals surface area contributed by atoms with Gasteiger partial charge in [-0.05, 0) is 42.2 Å². The molecule has 0 fully saturated rings. The third-order valence-corrected chi connectivity index (χ3v) is 6.63. The van der Waals surface area contributed by atoms with Gasteiger partial charge in [0.25, 0.3) is 0 Å². The molecule has 40 heavy (non-hydrogen) atoms. The van der Waals surface area contributed by atoms with Crippen molar-refractivity contribution in [3.63, 3.8) is 0 Å². The van der Waals surface area contributed by atoms with E-state index in [4.69, 9.17) is 15.3 Å². The minimum absolute atomic E-state index is 0.105. The highest BCUT2D eigenvalue weighted by Gasteiger charge is 2.33. The molecule has 2 heterocycles. The standard InChI is InChI=1S/C29H32N4O7/c1-16(2)26(27(36)25-17(3)28(37)33(30)29(25)38)32-24(35)14-20(19-7-5-4-6-8-19)31-23(34)12-10-18-9-11-21-22(13-18)40-15-39-21/h4-13,16,20,26,37-38H,14-15,30H2,1-3H3,(H,31,34)(H,32,35)/t20-,26-/m0/s1. The second kappa shape index (κ2) is 11.9. The molecule has 2 aromatic carbocycles. The van der Waals surface area contributed by atoms with Gasteiger partial charge in [0.15, 0.2) is 17.3 Å². The Bertz CT molecular complexity index is 1420. The monoisotopic (exact) mass is 548 g/mol. The number of aromatic hydroxyl groups is 2. The lowest BCUT2D eigenvalue weighted by Crippen LogP contribution is -2.45. The summed E-state index contributed by atoms with van der Waals surface area (Å²) in [5, 5.41) is 25.9. The maximum Gasteiger partial charge on any atom is 0.244 e. The third-order valence-electron chi connectivity index (χ3n) is 6.63. The first-order chi connectivity index (χ1) is 19.1. The quantitative estimate of drug-likeness (QED) is 0.147. The summed E-state index contributed by atoms with van der Waals surface area (Å²) < 4.78 is 11.3. The second-order valence-corrected chi connectivity index (χ2v) is 9.79. The summed E-state index contributed by atoms with van der Waals surface area (Å²) >= 11 is 0. The van der Waals surface area contributed by atoms with E-state index in [1.165, 1.54) is 13.0 Å². The Morgan fingerprint density at radius 1 is 1.02 bits per heavy atom. The molecule has 1 aliphatic heterocycles. The molecule has 2 atom stereocenters. The Kier molecular flexibility index (Phi) is 8.32. The normalized spacial score (nSPS) is 13.8. The van der Waals surface area contributed by atoms with E-state index in [1.54, 1.807) is 62.4 Å². The van der Waals surface area contributed by atoms with E-state index in [2.05, 4.69) is 10.6 Å². The Balaban J connectivity index is 1.48. The van der Waals surface area contributed by atoms with E-state index in [0.29, 0.717) is 21.7 Å². The highest BCUT2D eigenvalue weighted by Crippen LogP contribution is 2.33. The van der Waals surface area contributed by atoms with Gasteiger partial charge >= 0.3 is 0 Å². The summed E-state index contributed by atoms with van der Waals surface area (Å²) in [6.45, 7) is 5.08. The molecule has 6 N–H and O–H groups in total. The molecular weight excluding hydrogens is 516 g/mol. The average molecular weight is 549 g/mol. The first-order valence-corrected chi connectivity index (χ1v) is 12.7. The van der Waals surface area contributed by atoms with Crippen LogP contribution in [-0.4, -0.2) is 45.3 Å². The highest BCUT2D eigenvalue weighted by atomic mass is 16.7. The van der Waals surface area contributed by atoms with Crippen LogP contribution in [0.2, 0.25) is 0 Å². The van der Waals surface area contributed by atoms with Gasteiger partial charge in [0.05, 0.1) is 24.1 Å². The van der Waals surface area contributed by atoms with E-state index >= 15 is 0 Å². The average Bonchev–Trinajstić information content (AvgIpc) is 3.48. The molecule has 0 saturated carbocycles. The number of Topliss-reactive ketones (excluding diaryl/α,β-unsaturated/α-hetero) is 1. The zero-order valence-corrected chi connectivity index (χ0v) is 22.4. The lowest BCUT2D eigenvalue weighted by atomic mass is 9.93. The summed E-state index contributed by atoms with van der Waals surface area (Å²) in [7, 11) is 0. The fraction of sp³-hybridized carbons (Fsp3) is 0.276. The van der Waals surface area contributed by atoms with Crippen molar-refractivity contribution in [3.05, 3.63) is 76.9 Å². The van der Waals surface area contributed by atoms with Gasteiger partial charge < -0.3 is 36.2 Å². The van der Waals surface area contributed by atoms with Crippen LogP contribution >= 0.6 is 0 Å². The molecule has 210 valence electrons. The molecule has 2 amide bonds. The minimum atomic E-state index is -1.02. The van der Waals surface area contributed by atoms with Crippen molar-refractivity contribution in [1.29, 1.82) is 0 Å². The van der Waals surface area contributed by atoms with Crippen LogP contribution in [0, 0.1) is 12.8 Å². The fourth-order valence-electron chi connectivity index (χ4n) is 4.43. The van der Waals surface area contributed by atoms with Crippen molar-refractivity contribution in [3.8, 4) is 23.3 Å². The Morgan fingerprint density at radius 3 is 2.38 bits per heavy atom. The number of amides is 2. The first-order valence-electron chi connectivity index (χ1n) is 12.7. The molecule has 0 bridgehead atoms. The lowest BCUT2D eigenvalue weighted by molar-refractivity contribution is -0.123. The number of carbonyl (C=O) groups is 3. The fourth-order valence-corrected chi connectivity index (χ4v) is 4.43. The Labute approximate surface area is 231 Å². The van der Waals surface area contributed by atoms with Crippen LogP contribution in [-0.2, 0) is 9.59 Å². The molecule has 11 nitrogen and oxygen atoms in total. The third kappa shape index (κ3) is 6.04. The topological polar surface area (TPSA) is 165 Å². The number of nitrogens with zero attached hydrogens (tertiary/aromatic N) is 1. The summed E-state index contributed by atoms with van der Waals surface area (Å²) in [6, 6.07) is 12.6. The summed E-state index contributed by atoms with van der Waals surface area (Å²) in [6.07, 6.45) is 2.83. The van der Waals surface area contributed by atoms with Crippen molar-refractivity contribution in [2.45, 2.75) is 39.3 Å². The number of nitrogens with two attached hydrogens (primary N) is 1. The minimum Gasteiger partial charge on any atom is -0.493 e. The molecule has 4 rings (SSSR count). The van der Waals surface area contributed by atoms with Gasteiger partial charge in [0.2, 0.25) is 30.4 Å². The van der Waals surface area contributed by atoms with Crippen molar-refractivity contribution in [2.24, 2.45) is 5.92 Å². The maximum atomic E-state index is 13.3. The zero-order valence-electron chi connectivity index (χ0n) is 22.4. The first kappa shape index (κ1) is 28.1. The lowest BCUT2D eigenvalue weighted by Gasteiger charge is -2.24. The van der Waals surface area contributed by atoms with E-state index in [1.807, 2.05) is 6.07 Å². The van der Waals surface area contributed by atoms with Crippen molar-refractivity contribution < 1.29 is 34.1 Å². The van der Waals surface area contributed by atoms with E-state index < -0.39 is 41.4 Å². The number of ketones is 1. The van der Waals surface area contributed by atoms with Crippen LogP contribution in [0.15, 0.2) is 54.6 Å². The molecule has 1 aromatic heterocycles. The summed E-state index contributed by atoms with van der Waals surface area (Å²) in [5.41, 5.74) is 1.38. The summed E-state index contributed by atoms with van der Waals surface area (Å²) in [5.74, 6) is 3.93. The SMILES string of the molecule is Cc1c(C(=O)[C@@H](NC(=O)C[C@H](NC(=O)C=Cc2ccc3c(c2)OCO3)c2ccccc2)C(C)C)c(O)n(N)c1O. The molecular formula is C29H32N4O7. The van der Waals surface area contributed by atoms with Gasteiger partial charge in [-0.2, -0.15) is 4.68 Å². The second-order valence-electron chi connectivity index (χ2n) is 9.79. The number of ether oxygens (including phenoxy) is 2. The van der Waals surface area contributed by atoms with E-state index in [9.17, 15) is 24.6 Å². The predicted molar refractivity (Wildman–Crippen MR) is 147 cm³/mol. The van der Waals surface area contributed by atoms with Gasteiger partial charge in [-0.1, -0.05) is 50.2 Å². The van der Waals surface area contributed by atoms with Crippen LogP contribution in [0.5, 0.6) is 23.3 Å². The number of nitrogen functional groups attached to an aromatic ring is 1. The Morgan fingerprint density at radius 2 is 1.73 bits per heavy atom. The molecule has 0 aliphatic carbocycles. The van der Waals surface area contributed by atoms with E-state index in [0.717, 1.165) is 5.56 Å². The number of benzene rings is 2. The predicted octanol–water partition coefficient (Wildman–Crippen LogP) is 2.93. The number of hydrogen-bond acceptors (Lipinski definition) is 8. The number of carbonyl (C=O) groups excluding carboxylic acids is 3. The van der Waals surface area contributed by atoms with Gasteiger partial charge in [0, 0.05) is 11.6 Å². The van der Waals surface area contributed by atoms with Crippen molar-refractivity contribution in [2.75, 3.05) is 12.6 Å². The molecule has 1 aliphatic rings. The number of nitrogens with one attached hydrogen (secondary N) is 2. The van der Waals surface area contributed by atoms with Crippen LogP contribution in [0.25, 0.3) is 6.08 Å². The number of fused-ring (bicyclic) bond motifs is 1. The molecule has 3 aromatic rings. The van der Waals surface area contributed by atoms with Crippen LogP contribution in [0.4, 0.5) is 0 Å².